The maximum Gasteiger partial charge on any atom is 0.269 e. The predicted molar refractivity (Wildman–Crippen MR) is 83.7 cm³/mol. The lowest BCUT2D eigenvalue weighted by Gasteiger charge is -2.00. The first-order chi connectivity index (χ1) is 11.1. The van der Waals surface area contributed by atoms with Gasteiger partial charge in [0, 0.05) is 12.1 Å². The number of carbonyl (C=O) groups excluding carboxylic acids is 1. The third kappa shape index (κ3) is 4.75. The number of benzene rings is 2. The number of nitro benzene ring substituents is 1. The van der Waals surface area contributed by atoms with Crippen LogP contribution in [-0.4, -0.2) is 17.0 Å². The number of nitrogens with one attached hydrogen (secondary N) is 1. The van der Waals surface area contributed by atoms with Gasteiger partial charge in [-0.2, -0.15) is 10.4 Å². The number of hydrazone groups is 1. The molecule has 2 aromatic carbocycles. The van der Waals surface area contributed by atoms with Gasteiger partial charge in [0.2, 0.25) is 5.91 Å². The number of nitrogens with zero attached hydrogens (tertiary/aromatic N) is 3. The molecule has 0 aliphatic rings. The van der Waals surface area contributed by atoms with Gasteiger partial charge >= 0.3 is 0 Å². The van der Waals surface area contributed by atoms with E-state index in [1.165, 1.54) is 30.5 Å². The highest BCUT2D eigenvalue weighted by Gasteiger charge is 2.06. The minimum absolute atomic E-state index is 0.0236. The summed E-state index contributed by atoms with van der Waals surface area (Å²) in [6, 6.07) is 14.6. The Morgan fingerprint density at radius 3 is 2.70 bits per heavy atom. The molecular weight excluding hydrogens is 296 g/mol. The van der Waals surface area contributed by atoms with Crippen molar-refractivity contribution in [1.29, 1.82) is 5.26 Å². The van der Waals surface area contributed by atoms with E-state index in [1.54, 1.807) is 24.3 Å². The standard InChI is InChI=1S/C16H12N4O3/c17-10-13-2-1-3-14(8-13)11-18-19-16(21)9-12-4-6-15(7-5-12)20(22)23/h1-8,11H,9H2,(H,19,21). The number of non-ortho nitro benzene ring substituents is 1. The van der Waals surface area contributed by atoms with Crippen LogP contribution in [0.2, 0.25) is 0 Å². The Kier molecular flexibility index (Phi) is 5.15. The highest BCUT2D eigenvalue weighted by Crippen LogP contribution is 2.12. The summed E-state index contributed by atoms with van der Waals surface area (Å²) < 4.78 is 0. The fraction of sp³-hybridized carbons (Fsp3) is 0.0625. The SMILES string of the molecule is N#Cc1cccc(C=NNC(=O)Cc2ccc([N+](=O)[O-])cc2)c1. The van der Waals surface area contributed by atoms with Crippen molar-refractivity contribution in [3.05, 3.63) is 75.3 Å². The van der Waals surface area contributed by atoms with Gasteiger partial charge in [-0.1, -0.05) is 24.3 Å². The summed E-state index contributed by atoms with van der Waals surface area (Å²) in [7, 11) is 0. The summed E-state index contributed by atoms with van der Waals surface area (Å²) in [5.41, 5.74) is 4.19. The van der Waals surface area contributed by atoms with Crippen LogP contribution >= 0.6 is 0 Å². The first-order valence-corrected chi connectivity index (χ1v) is 6.64. The van der Waals surface area contributed by atoms with Crippen LogP contribution in [0.3, 0.4) is 0 Å². The topological polar surface area (TPSA) is 108 Å². The molecule has 1 N–H and O–H groups in total. The van der Waals surface area contributed by atoms with E-state index in [9.17, 15) is 14.9 Å². The zero-order chi connectivity index (χ0) is 16.7. The average molecular weight is 308 g/mol. The van der Waals surface area contributed by atoms with E-state index in [4.69, 9.17) is 5.26 Å². The molecule has 0 spiro atoms. The highest BCUT2D eigenvalue weighted by atomic mass is 16.6. The van der Waals surface area contributed by atoms with Crippen LogP contribution in [0.5, 0.6) is 0 Å². The number of nitro groups is 1. The second-order valence-electron chi connectivity index (χ2n) is 4.63. The number of rotatable bonds is 5. The Morgan fingerprint density at radius 1 is 1.30 bits per heavy atom. The molecule has 7 nitrogen and oxygen atoms in total. The van der Waals surface area contributed by atoms with Gasteiger partial charge in [0.15, 0.2) is 0 Å². The third-order valence-electron chi connectivity index (χ3n) is 2.93. The molecular formula is C16H12N4O3. The van der Waals surface area contributed by atoms with E-state index in [0.29, 0.717) is 16.7 Å². The van der Waals surface area contributed by atoms with Gasteiger partial charge < -0.3 is 0 Å². The number of carbonyl (C=O) groups is 1. The zero-order valence-electron chi connectivity index (χ0n) is 12.0. The normalized spacial score (nSPS) is 10.2. The molecule has 23 heavy (non-hydrogen) atoms. The molecule has 0 aliphatic carbocycles. The van der Waals surface area contributed by atoms with E-state index in [0.717, 1.165) is 0 Å². The van der Waals surface area contributed by atoms with E-state index in [2.05, 4.69) is 10.5 Å². The molecule has 0 fully saturated rings. The average Bonchev–Trinajstić information content (AvgIpc) is 2.55. The maximum atomic E-state index is 11.7. The number of hydrogen-bond acceptors (Lipinski definition) is 5. The largest absolute Gasteiger partial charge is 0.273 e. The fourth-order valence-corrected chi connectivity index (χ4v) is 1.83. The molecule has 0 aliphatic heterocycles. The Morgan fingerprint density at radius 2 is 2.04 bits per heavy atom. The zero-order valence-corrected chi connectivity index (χ0v) is 12.0. The summed E-state index contributed by atoms with van der Waals surface area (Å²) in [5, 5.41) is 23.1. The maximum absolute atomic E-state index is 11.7. The second kappa shape index (κ2) is 7.47. The monoisotopic (exact) mass is 308 g/mol. The minimum atomic E-state index is -0.497. The molecule has 0 unspecified atom stereocenters. The van der Waals surface area contributed by atoms with Crippen LogP contribution in [0.25, 0.3) is 0 Å². The molecule has 0 saturated carbocycles. The lowest BCUT2D eigenvalue weighted by Crippen LogP contribution is -2.19. The quantitative estimate of drug-likeness (QED) is 0.518. The van der Waals surface area contributed by atoms with Crippen molar-refractivity contribution in [3.8, 4) is 6.07 Å². The highest BCUT2D eigenvalue weighted by molar-refractivity contribution is 5.83. The van der Waals surface area contributed by atoms with Crippen molar-refractivity contribution in [2.45, 2.75) is 6.42 Å². The summed E-state index contributed by atoms with van der Waals surface area (Å²) in [4.78, 5) is 21.8. The van der Waals surface area contributed by atoms with Crippen molar-refractivity contribution in [2.24, 2.45) is 5.10 Å². The number of amides is 1. The molecule has 7 heteroatoms. The van der Waals surface area contributed by atoms with E-state index < -0.39 is 4.92 Å². The third-order valence-corrected chi connectivity index (χ3v) is 2.93. The van der Waals surface area contributed by atoms with Gasteiger partial charge in [-0.3, -0.25) is 14.9 Å². The molecule has 1 amide bonds. The van der Waals surface area contributed by atoms with Crippen LogP contribution in [0.1, 0.15) is 16.7 Å². The minimum Gasteiger partial charge on any atom is -0.273 e. The lowest BCUT2D eigenvalue weighted by atomic mass is 10.1. The first kappa shape index (κ1) is 15.9. The van der Waals surface area contributed by atoms with Crippen LogP contribution in [0.15, 0.2) is 53.6 Å². The molecule has 2 rings (SSSR count). The molecule has 0 radical (unpaired) electrons. The lowest BCUT2D eigenvalue weighted by molar-refractivity contribution is -0.384. The summed E-state index contributed by atoms with van der Waals surface area (Å²) in [5.74, 6) is -0.341. The van der Waals surface area contributed by atoms with Crippen molar-refractivity contribution in [2.75, 3.05) is 0 Å². The van der Waals surface area contributed by atoms with E-state index in [-0.39, 0.29) is 18.0 Å². The molecule has 0 bridgehead atoms. The Bertz CT molecular complexity index is 792. The number of hydrogen-bond donors (Lipinski definition) is 1. The number of nitriles is 1. The molecule has 0 aromatic heterocycles. The summed E-state index contributed by atoms with van der Waals surface area (Å²) >= 11 is 0. The molecule has 114 valence electrons. The predicted octanol–water partition coefficient (Wildman–Crippen LogP) is 2.16. The fourth-order valence-electron chi connectivity index (χ4n) is 1.83. The van der Waals surface area contributed by atoms with Gasteiger partial charge in [0.25, 0.3) is 5.69 Å². The van der Waals surface area contributed by atoms with Crippen LogP contribution in [0.4, 0.5) is 5.69 Å². The summed E-state index contributed by atoms with van der Waals surface area (Å²) in [6.07, 6.45) is 1.50. The molecule has 2 aromatic rings. The first-order valence-electron chi connectivity index (χ1n) is 6.64. The van der Waals surface area contributed by atoms with Crippen molar-refractivity contribution in [3.63, 3.8) is 0 Å². The van der Waals surface area contributed by atoms with Crippen molar-refractivity contribution >= 4 is 17.8 Å². The van der Waals surface area contributed by atoms with Gasteiger partial charge in [-0.15, -0.1) is 0 Å². The molecule has 0 heterocycles. The van der Waals surface area contributed by atoms with E-state index >= 15 is 0 Å². The smallest absolute Gasteiger partial charge is 0.269 e. The van der Waals surface area contributed by atoms with E-state index in [1.807, 2.05) is 6.07 Å². The van der Waals surface area contributed by atoms with Crippen LogP contribution in [0, 0.1) is 21.4 Å². The van der Waals surface area contributed by atoms with Gasteiger partial charge in [0.05, 0.1) is 29.2 Å². The van der Waals surface area contributed by atoms with Gasteiger partial charge in [-0.05, 0) is 23.3 Å². The van der Waals surface area contributed by atoms with Crippen LogP contribution < -0.4 is 5.43 Å². The second-order valence-corrected chi connectivity index (χ2v) is 4.63. The Labute approximate surface area is 132 Å². The Hall–Kier alpha value is -3.53. The van der Waals surface area contributed by atoms with Crippen LogP contribution in [-0.2, 0) is 11.2 Å². The van der Waals surface area contributed by atoms with Gasteiger partial charge in [0.1, 0.15) is 0 Å². The summed E-state index contributed by atoms with van der Waals surface area (Å²) in [6.45, 7) is 0. The van der Waals surface area contributed by atoms with Crippen molar-refractivity contribution in [1.82, 2.24) is 5.43 Å². The molecule has 0 saturated heterocycles. The molecule has 0 atom stereocenters. The Balaban J connectivity index is 1.90. The van der Waals surface area contributed by atoms with Gasteiger partial charge in [-0.25, -0.2) is 5.43 Å². The van der Waals surface area contributed by atoms with Crippen molar-refractivity contribution < 1.29 is 9.72 Å².